The minimum absolute atomic E-state index is 0.0345. The number of carbonyl (C=O) groups excluding carboxylic acids is 2. The van der Waals surface area contributed by atoms with Gasteiger partial charge in [-0.1, -0.05) is 61.7 Å². The maximum Gasteiger partial charge on any atom is 0.242 e. The molecule has 8 nitrogen and oxygen atoms in total. The molecule has 1 N–H and O–H groups in total. The van der Waals surface area contributed by atoms with E-state index in [2.05, 4.69) is 5.32 Å². The van der Waals surface area contributed by atoms with Crippen LogP contribution in [0.25, 0.3) is 0 Å². The van der Waals surface area contributed by atoms with Crippen molar-refractivity contribution >= 4 is 50.7 Å². The molecule has 0 saturated carbocycles. The van der Waals surface area contributed by atoms with Gasteiger partial charge >= 0.3 is 0 Å². The second-order valence-electron chi connectivity index (χ2n) is 9.17. The summed E-state index contributed by atoms with van der Waals surface area (Å²) in [6, 6.07) is 11.2. The number of hydrogen-bond acceptors (Lipinski definition) is 5. The van der Waals surface area contributed by atoms with Crippen LogP contribution in [0.2, 0.25) is 10.0 Å². The predicted octanol–water partition coefficient (Wildman–Crippen LogP) is 5.66. The smallest absolute Gasteiger partial charge is 0.242 e. The van der Waals surface area contributed by atoms with E-state index >= 15 is 0 Å². The van der Waals surface area contributed by atoms with Crippen molar-refractivity contribution < 1.29 is 22.7 Å². The van der Waals surface area contributed by atoms with Gasteiger partial charge in [0.05, 0.1) is 18.6 Å². The van der Waals surface area contributed by atoms with Gasteiger partial charge in [0.1, 0.15) is 11.8 Å². The Balaban J connectivity index is 2.27. The van der Waals surface area contributed by atoms with Crippen molar-refractivity contribution in [1.82, 2.24) is 10.2 Å². The maximum absolute atomic E-state index is 13.6. The average molecular weight is 601 g/mol. The molecule has 0 aliphatic heterocycles. The summed E-state index contributed by atoms with van der Waals surface area (Å²) in [5.41, 5.74) is 1.08. The Morgan fingerprint density at radius 3 is 2.38 bits per heavy atom. The topological polar surface area (TPSA) is 96.0 Å². The molecule has 0 fully saturated rings. The molecule has 216 valence electrons. The number of benzene rings is 2. The number of unbranched alkanes of at least 4 members (excludes halogenated alkanes) is 1. The lowest BCUT2D eigenvalue weighted by molar-refractivity contribution is -0.141. The van der Waals surface area contributed by atoms with E-state index in [-0.39, 0.29) is 37.7 Å². The van der Waals surface area contributed by atoms with Gasteiger partial charge in [-0.2, -0.15) is 0 Å². The zero-order valence-electron chi connectivity index (χ0n) is 23.1. The number of nitrogens with zero attached hydrogens (tertiary/aromatic N) is 2. The molecular weight excluding hydrogens is 561 g/mol. The molecule has 0 aliphatic rings. The molecule has 2 aromatic carbocycles. The van der Waals surface area contributed by atoms with Crippen molar-refractivity contribution in [3.8, 4) is 5.75 Å². The largest absolute Gasteiger partial charge is 0.492 e. The molecule has 0 aliphatic carbocycles. The lowest BCUT2D eigenvalue weighted by atomic mass is 10.1. The maximum atomic E-state index is 13.6. The Morgan fingerprint density at radius 2 is 1.77 bits per heavy atom. The highest BCUT2D eigenvalue weighted by Crippen LogP contribution is 2.30. The first-order chi connectivity index (χ1) is 18.5. The van der Waals surface area contributed by atoms with Gasteiger partial charge in [0.2, 0.25) is 21.8 Å². The monoisotopic (exact) mass is 599 g/mol. The van der Waals surface area contributed by atoms with Crippen LogP contribution in [0.3, 0.4) is 0 Å². The van der Waals surface area contributed by atoms with Gasteiger partial charge < -0.3 is 15.0 Å². The highest BCUT2D eigenvalue weighted by Gasteiger charge is 2.29. The molecule has 2 amide bonds. The van der Waals surface area contributed by atoms with E-state index < -0.39 is 16.1 Å². The van der Waals surface area contributed by atoms with Crippen LogP contribution in [-0.4, -0.2) is 57.1 Å². The Kier molecular flexibility index (Phi) is 13.4. The number of nitrogens with one attached hydrogen (secondary N) is 1. The minimum atomic E-state index is -3.65. The number of ether oxygens (including phenoxy) is 1. The Labute approximate surface area is 242 Å². The molecule has 1 atom stereocenters. The number of amides is 2. The van der Waals surface area contributed by atoms with Crippen molar-refractivity contribution in [1.29, 1.82) is 0 Å². The number of sulfonamides is 1. The van der Waals surface area contributed by atoms with Gasteiger partial charge in [0.25, 0.3) is 0 Å². The average Bonchev–Trinajstić information content (AvgIpc) is 2.88. The third kappa shape index (κ3) is 9.89. The standard InChI is InChI=1S/C28H39Cl2N3O5S/c1-5-8-17-31-28(35)24(6-2)32(20-21-15-16-22(29)19-23(21)30)27(34)14-11-18-33(39(4,36)37)25-12-9-10-13-26(25)38-7-3/h9-10,12-13,15-16,19,24H,5-8,11,14,17-18,20H2,1-4H3,(H,31,35)/t24-/m1/s1. The molecule has 0 spiro atoms. The quantitative estimate of drug-likeness (QED) is 0.251. The third-order valence-corrected chi connectivity index (χ3v) is 7.92. The first kappa shape index (κ1) is 32.7. The van der Waals surface area contributed by atoms with Crippen molar-refractivity contribution in [2.45, 2.75) is 65.5 Å². The number of hydrogen-bond donors (Lipinski definition) is 1. The van der Waals surface area contributed by atoms with Crippen LogP contribution in [0.15, 0.2) is 42.5 Å². The summed E-state index contributed by atoms with van der Waals surface area (Å²) in [5, 5.41) is 3.80. The zero-order valence-corrected chi connectivity index (χ0v) is 25.4. The molecule has 0 radical (unpaired) electrons. The van der Waals surface area contributed by atoms with E-state index in [1.54, 1.807) is 42.5 Å². The molecular formula is C28H39Cl2N3O5S. The number of para-hydroxylation sites is 2. The van der Waals surface area contributed by atoms with Crippen LogP contribution in [0, 0.1) is 0 Å². The molecule has 2 rings (SSSR count). The minimum Gasteiger partial charge on any atom is -0.492 e. The molecule has 39 heavy (non-hydrogen) atoms. The predicted molar refractivity (Wildman–Crippen MR) is 158 cm³/mol. The fourth-order valence-corrected chi connectivity index (χ4v) is 5.62. The molecule has 0 saturated heterocycles. The van der Waals surface area contributed by atoms with Gasteiger partial charge in [0, 0.05) is 36.1 Å². The highest BCUT2D eigenvalue weighted by molar-refractivity contribution is 7.92. The van der Waals surface area contributed by atoms with Crippen LogP contribution < -0.4 is 14.4 Å². The first-order valence-corrected chi connectivity index (χ1v) is 15.8. The normalized spacial score (nSPS) is 12.1. The van der Waals surface area contributed by atoms with Crippen LogP contribution in [-0.2, 0) is 26.2 Å². The van der Waals surface area contributed by atoms with E-state index in [1.165, 1.54) is 9.21 Å². The van der Waals surface area contributed by atoms with Gasteiger partial charge in [-0.25, -0.2) is 8.42 Å². The van der Waals surface area contributed by atoms with Crippen LogP contribution in [0.4, 0.5) is 5.69 Å². The Morgan fingerprint density at radius 1 is 1.05 bits per heavy atom. The number of carbonyl (C=O) groups is 2. The van der Waals surface area contributed by atoms with E-state index in [0.717, 1.165) is 19.1 Å². The SMILES string of the molecule is CCCCNC(=O)[C@@H](CC)N(Cc1ccc(Cl)cc1Cl)C(=O)CCCN(c1ccccc1OCC)S(C)(=O)=O. The van der Waals surface area contributed by atoms with Gasteiger partial charge in [-0.15, -0.1) is 0 Å². The number of rotatable bonds is 16. The molecule has 0 unspecified atom stereocenters. The van der Waals surface area contributed by atoms with Crippen molar-refractivity contribution in [2.75, 3.05) is 30.3 Å². The van der Waals surface area contributed by atoms with Crippen molar-refractivity contribution in [3.05, 3.63) is 58.1 Å². The molecule has 0 bridgehead atoms. The lowest BCUT2D eigenvalue weighted by Crippen LogP contribution is -2.49. The fraction of sp³-hybridized carbons (Fsp3) is 0.500. The fourth-order valence-electron chi connectivity index (χ4n) is 4.18. The summed E-state index contributed by atoms with van der Waals surface area (Å²) in [6.45, 7) is 6.82. The number of halogens is 2. The number of anilines is 1. The van der Waals surface area contributed by atoms with E-state index in [4.69, 9.17) is 27.9 Å². The summed E-state index contributed by atoms with van der Waals surface area (Å²) >= 11 is 12.5. The molecule has 2 aromatic rings. The summed E-state index contributed by atoms with van der Waals surface area (Å²) < 4.78 is 32.2. The second kappa shape index (κ2) is 15.9. The highest BCUT2D eigenvalue weighted by atomic mass is 35.5. The van der Waals surface area contributed by atoms with E-state index in [1.807, 2.05) is 20.8 Å². The van der Waals surface area contributed by atoms with Gasteiger partial charge in [-0.3, -0.25) is 13.9 Å². The van der Waals surface area contributed by atoms with Crippen LogP contribution >= 0.6 is 23.2 Å². The van der Waals surface area contributed by atoms with Gasteiger partial charge in [0.15, 0.2) is 0 Å². The van der Waals surface area contributed by atoms with Gasteiger partial charge in [-0.05, 0) is 56.0 Å². The van der Waals surface area contributed by atoms with Crippen LogP contribution in [0.5, 0.6) is 5.75 Å². The van der Waals surface area contributed by atoms with E-state index in [0.29, 0.717) is 46.6 Å². The summed E-state index contributed by atoms with van der Waals surface area (Å²) in [4.78, 5) is 28.2. The zero-order chi connectivity index (χ0) is 29.0. The summed E-state index contributed by atoms with van der Waals surface area (Å²) in [7, 11) is -3.65. The third-order valence-electron chi connectivity index (χ3n) is 6.16. The van der Waals surface area contributed by atoms with Crippen LogP contribution in [0.1, 0.15) is 58.4 Å². The second-order valence-corrected chi connectivity index (χ2v) is 11.9. The summed E-state index contributed by atoms with van der Waals surface area (Å²) in [6.07, 6.45) is 3.58. The first-order valence-electron chi connectivity index (χ1n) is 13.2. The summed E-state index contributed by atoms with van der Waals surface area (Å²) in [5.74, 6) is -0.0524. The van der Waals surface area contributed by atoms with Crippen molar-refractivity contribution in [3.63, 3.8) is 0 Å². The lowest BCUT2D eigenvalue weighted by Gasteiger charge is -2.31. The Hall–Kier alpha value is -2.49. The van der Waals surface area contributed by atoms with E-state index in [9.17, 15) is 18.0 Å². The molecule has 11 heteroatoms. The Bertz CT molecular complexity index is 1210. The molecule has 0 aromatic heterocycles. The molecule has 0 heterocycles. The van der Waals surface area contributed by atoms with Crippen molar-refractivity contribution in [2.24, 2.45) is 0 Å².